The molecule has 4 aromatic rings. The van der Waals surface area contributed by atoms with Gasteiger partial charge >= 0.3 is 5.97 Å². The lowest BCUT2D eigenvalue weighted by molar-refractivity contribution is -0.144. The third-order valence-corrected chi connectivity index (χ3v) is 19.3. The zero-order chi connectivity index (χ0) is 80.4. The Labute approximate surface area is 640 Å². The maximum atomic E-state index is 15.4. The molecule has 24 N–H and O–H groups in total. The molecule has 1 aromatic heterocycles. The van der Waals surface area contributed by atoms with Crippen LogP contribution in [0.5, 0.6) is 0 Å². The van der Waals surface area contributed by atoms with Gasteiger partial charge in [0.2, 0.25) is 65.0 Å². The molecule has 35 nitrogen and oxygen atoms in total. The van der Waals surface area contributed by atoms with E-state index in [4.69, 9.17) is 34.4 Å². The zero-order valence-corrected chi connectivity index (χ0v) is 62.9. The number of rotatable bonds is 45. The molecule has 2 saturated heterocycles. The second-order valence-corrected chi connectivity index (χ2v) is 28.1. The summed E-state index contributed by atoms with van der Waals surface area (Å²) in [6.45, 7) is 6.36. The van der Waals surface area contributed by atoms with Gasteiger partial charge in [-0.3, -0.25) is 62.7 Å². The summed E-state index contributed by atoms with van der Waals surface area (Å²) in [5.41, 5.74) is 36.4. The molecule has 35 heteroatoms. The fourth-order valence-electron chi connectivity index (χ4n) is 13.0. The Morgan fingerprint density at radius 1 is 0.509 bits per heavy atom. The van der Waals surface area contributed by atoms with E-state index in [9.17, 15) is 53.4 Å². The van der Waals surface area contributed by atoms with E-state index in [1.165, 1.54) is 22.3 Å². The van der Waals surface area contributed by atoms with Crippen molar-refractivity contribution in [3.05, 3.63) is 126 Å². The van der Waals surface area contributed by atoms with Crippen molar-refractivity contribution in [3.63, 3.8) is 0 Å². The Hall–Kier alpha value is -11.1. The maximum absolute atomic E-state index is 15.4. The number of aromatic amines is 1. The average Bonchev–Trinajstić information content (AvgIpc) is 1.49. The Morgan fingerprint density at radius 3 is 1.38 bits per heavy atom. The van der Waals surface area contributed by atoms with Crippen LogP contribution >= 0.6 is 0 Å². The minimum atomic E-state index is -1.73. The highest BCUT2D eigenvalue weighted by atomic mass is 16.4. The van der Waals surface area contributed by atoms with Gasteiger partial charge in [0.1, 0.15) is 66.5 Å². The number of carbonyl (C=O) groups excluding carboxylic acids is 11. The van der Waals surface area contributed by atoms with E-state index >= 15 is 14.4 Å². The predicted octanol–water partition coefficient (Wildman–Crippen LogP) is -2.63. The number of H-pyrrole nitrogens is 1. The molecule has 2 aliphatic heterocycles. The summed E-state index contributed by atoms with van der Waals surface area (Å²) in [6, 6.07) is 10.3. The van der Waals surface area contributed by atoms with Crippen LogP contribution in [-0.2, 0) is 83.2 Å². The Kier molecular flexibility index (Phi) is 36.0. The van der Waals surface area contributed by atoms with Gasteiger partial charge in [0, 0.05) is 63.8 Å². The fourth-order valence-corrected chi connectivity index (χ4v) is 13.0. The molecular weight excluding hydrogens is 1420 g/mol. The van der Waals surface area contributed by atoms with Crippen molar-refractivity contribution in [1.29, 1.82) is 0 Å². The van der Waals surface area contributed by atoms with Gasteiger partial charge in [-0.2, -0.15) is 0 Å². The largest absolute Gasteiger partial charge is 0.480 e. The van der Waals surface area contributed by atoms with Crippen molar-refractivity contribution in [3.8, 4) is 0 Å². The lowest BCUT2D eigenvalue weighted by Crippen LogP contribution is -2.61. The normalized spacial score (nSPS) is 16.9. The first-order valence-corrected chi connectivity index (χ1v) is 37.5. The quantitative estimate of drug-likeness (QED) is 0.0122. The molecular formula is C75H111N21O14. The van der Waals surface area contributed by atoms with Crippen LogP contribution in [0.1, 0.15) is 127 Å². The molecule has 0 aliphatic carbocycles. The van der Waals surface area contributed by atoms with E-state index in [0.717, 1.165) is 0 Å². The molecule has 2 fully saturated rings. The summed E-state index contributed by atoms with van der Waals surface area (Å²) in [5.74, 6) is -11.3. The molecule has 3 heterocycles. The lowest BCUT2D eigenvalue weighted by Gasteiger charge is -2.31. The van der Waals surface area contributed by atoms with Crippen molar-refractivity contribution in [1.82, 2.24) is 67.6 Å². The van der Waals surface area contributed by atoms with Gasteiger partial charge in [-0.15, -0.1) is 0 Å². The minimum absolute atomic E-state index is 0.0118. The number of imidazole rings is 1. The van der Waals surface area contributed by atoms with Crippen LogP contribution in [0.15, 0.2) is 114 Å². The van der Waals surface area contributed by atoms with Crippen LogP contribution in [0.2, 0.25) is 0 Å². The first kappa shape index (κ1) is 87.8. The van der Waals surface area contributed by atoms with Gasteiger partial charge < -0.3 is 107 Å². The number of hydrogen-bond acceptors (Lipinski definition) is 18. The van der Waals surface area contributed by atoms with E-state index < -0.39 is 162 Å². The van der Waals surface area contributed by atoms with Gasteiger partial charge in [-0.05, 0) is 106 Å². The summed E-state index contributed by atoms with van der Waals surface area (Å²) in [7, 11) is 0. The number of nitrogens with zero attached hydrogens (tertiary/aromatic N) is 5. The standard InChI is InChI=1S/C75H111N21O14/c1-5-45(4)61(70(106)93-60(44(2)3)73(109)110)94-63(99)52(29-18-34-84-75(80)81)86-67(103)57(42-97)92-62(98)51(28-15-16-32-76)87-68(104)59-31-20-36-96(59)72(108)56(39-48-25-13-8-14-26-48)91-65(101)54(38-47-23-11-7-12-24-47)88-64(100)53(37-46-21-9-6-10-22-46)89-66(102)55(40-49-41-82-43-85-49)90-69(105)58-30-19-35-95(58)71(107)50(77)27-17-33-83-74(78)79/h6-14,21-26,41,43-45,50-61,97H,5,15-20,27-40,42,76-77H2,1-4H3,(H,82,85)(H,86,103)(H,87,104)(H,88,100)(H,89,102)(H,90,105)(H,91,101)(H,92,98)(H,93,106)(H,94,99)(H,109,110)(H4,78,79,83)(H4,80,81,84)/t45-,50-,51-,52-,53-,54-,55-,56-,57-,58-,59-,60-,61-/m0/s1. The SMILES string of the molecule is CC[C@H](C)[C@H](NC(=O)[C@H](CCCN=C(N)N)NC(=O)[C@H](CO)NC(=O)[C@H](CCCCN)NC(=O)[C@@H]1CCCN1C(=O)[C@H](Cc1ccccc1)NC(=O)[C@H](Cc1ccccc1)NC(=O)[C@H](Cc1ccccc1)NC(=O)[C@H](Cc1cnc[nH]1)NC(=O)[C@@H]1CCCN1C(=O)[C@@H](N)CCCN=C(N)N)C(=O)N[C@H](C(=O)O)C(C)C. The number of aliphatic hydroxyl groups is 1. The molecule has 600 valence electrons. The van der Waals surface area contributed by atoms with Crippen molar-refractivity contribution in [2.45, 2.75) is 203 Å². The van der Waals surface area contributed by atoms with Crippen LogP contribution < -0.4 is 82.3 Å². The van der Waals surface area contributed by atoms with Crippen LogP contribution in [0.3, 0.4) is 0 Å². The van der Waals surface area contributed by atoms with Crippen LogP contribution in [-0.4, -0.2) is 225 Å². The van der Waals surface area contributed by atoms with Gasteiger partial charge in [0.15, 0.2) is 11.9 Å². The van der Waals surface area contributed by atoms with Crippen LogP contribution in [0.25, 0.3) is 0 Å². The minimum Gasteiger partial charge on any atom is -0.480 e. The van der Waals surface area contributed by atoms with Gasteiger partial charge in [0.05, 0.1) is 19.0 Å². The number of unbranched alkanes of at least 4 members (excludes halogenated alkanes) is 1. The number of aromatic nitrogens is 2. The highest BCUT2D eigenvalue weighted by Crippen LogP contribution is 2.23. The summed E-state index contributed by atoms with van der Waals surface area (Å²) in [5, 5.41) is 44.9. The number of nitrogens with one attached hydrogen (secondary N) is 10. The lowest BCUT2D eigenvalue weighted by atomic mass is 9.96. The van der Waals surface area contributed by atoms with Gasteiger partial charge in [0.25, 0.3) is 0 Å². The van der Waals surface area contributed by atoms with Crippen molar-refractivity contribution >= 4 is 82.9 Å². The third-order valence-electron chi connectivity index (χ3n) is 19.3. The Balaban J connectivity index is 1.23. The van der Waals surface area contributed by atoms with E-state index in [0.29, 0.717) is 54.5 Å². The van der Waals surface area contributed by atoms with Crippen molar-refractivity contribution in [2.75, 3.05) is 39.3 Å². The number of nitrogens with two attached hydrogens (primary N) is 6. The number of likely N-dealkylation sites (tertiary alicyclic amines) is 2. The highest BCUT2D eigenvalue weighted by Gasteiger charge is 2.43. The second-order valence-electron chi connectivity index (χ2n) is 28.1. The number of guanidine groups is 2. The predicted molar refractivity (Wildman–Crippen MR) is 409 cm³/mol. The van der Waals surface area contributed by atoms with E-state index in [-0.39, 0.29) is 115 Å². The smallest absolute Gasteiger partial charge is 0.326 e. The number of aliphatic carboxylic acids is 1. The number of benzene rings is 3. The number of carboxylic acid groups (broad SMARTS) is 1. The molecule has 13 atom stereocenters. The zero-order valence-electron chi connectivity index (χ0n) is 62.9. The second kappa shape index (κ2) is 45.0. The molecule has 2 aliphatic rings. The molecule has 0 spiro atoms. The summed E-state index contributed by atoms with van der Waals surface area (Å²) in [4.78, 5) is 190. The topological polar surface area (TPSA) is 570 Å². The molecule has 11 amide bonds. The molecule has 0 bridgehead atoms. The van der Waals surface area contributed by atoms with E-state index in [2.05, 4.69) is 67.8 Å². The maximum Gasteiger partial charge on any atom is 0.326 e. The summed E-state index contributed by atoms with van der Waals surface area (Å²) < 4.78 is 0. The monoisotopic (exact) mass is 1530 g/mol. The van der Waals surface area contributed by atoms with Gasteiger partial charge in [-0.25, -0.2) is 9.78 Å². The van der Waals surface area contributed by atoms with Crippen molar-refractivity contribution in [2.24, 2.45) is 56.2 Å². The Bertz CT molecular complexity index is 3740. The van der Waals surface area contributed by atoms with Crippen LogP contribution in [0.4, 0.5) is 0 Å². The number of carbonyl (C=O) groups is 12. The number of carboxylic acids is 1. The highest BCUT2D eigenvalue weighted by molar-refractivity contribution is 6.00. The summed E-state index contributed by atoms with van der Waals surface area (Å²) >= 11 is 0. The van der Waals surface area contributed by atoms with Gasteiger partial charge in [-0.1, -0.05) is 125 Å². The molecule has 0 saturated carbocycles. The summed E-state index contributed by atoms with van der Waals surface area (Å²) in [6.07, 6.45) is 5.20. The molecule has 6 rings (SSSR count). The number of hydrogen-bond donors (Lipinski definition) is 18. The van der Waals surface area contributed by atoms with E-state index in [1.54, 1.807) is 119 Å². The first-order chi connectivity index (χ1) is 52.6. The number of amides is 11. The third kappa shape index (κ3) is 27.9. The molecule has 3 aromatic carbocycles. The van der Waals surface area contributed by atoms with E-state index in [1.807, 2.05) is 0 Å². The molecule has 110 heavy (non-hydrogen) atoms. The fraction of sp³-hybridized carbons (Fsp3) is 0.533. The average molecular weight is 1530 g/mol. The van der Waals surface area contributed by atoms with Crippen molar-refractivity contribution < 1.29 is 67.7 Å². The first-order valence-electron chi connectivity index (χ1n) is 37.5. The molecule has 0 unspecified atom stereocenters. The molecule has 0 radical (unpaired) electrons. The number of aliphatic imine (C=N–C) groups is 2. The Morgan fingerprint density at radius 2 is 0.918 bits per heavy atom. The number of aliphatic hydroxyl groups excluding tert-OH is 1. The van der Waals surface area contributed by atoms with Crippen LogP contribution in [0, 0.1) is 11.8 Å².